The second kappa shape index (κ2) is 4.33. The maximum Gasteiger partial charge on any atom is 0.0538 e. The summed E-state index contributed by atoms with van der Waals surface area (Å²) >= 11 is 0. The van der Waals surface area contributed by atoms with Crippen molar-refractivity contribution < 1.29 is 0 Å². The number of nitrogens with one attached hydrogen (secondary N) is 1. The number of aromatic nitrogens is 2. The van der Waals surface area contributed by atoms with E-state index in [2.05, 4.69) is 42.4 Å². The normalized spacial score (nSPS) is 23.6. The van der Waals surface area contributed by atoms with Gasteiger partial charge in [0.25, 0.3) is 0 Å². The van der Waals surface area contributed by atoms with Crippen LogP contribution in [0.15, 0.2) is 12.4 Å². The summed E-state index contributed by atoms with van der Waals surface area (Å²) < 4.78 is 2.03. The summed E-state index contributed by atoms with van der Waals surface area (Å²) in [7, 11) is 2.18. The maximum atomic E-state index is 4.39. The summed E-state index contributed by atoms with van der Waals surface area (Å²) in [4.78, 5) is 2.39. The summed E-state index contributed by atoms with van der Waals surface area (Å²) in [6, 6.07) is 0.923. The van der Waals surface area contributed by atoms with E-state index in [4.69, 9.17) is 0 Å². The molecule has 15 heavy (non-hydrogen) atoms. The second-order valence-electron chi connectivity index (χ2n) is 4.55. The predicted octanol–water partition coefficient (Wildman–Crippen LogP) is 1.04. The molecule has 1 unspecified atom stereocenters. The predicted molar refractivity (Wildman–Crippen MR) is 60.9 cm³/mol. The van der Waals surface area contributed by atoms with E-state index in [-0.39, 0.29) is 0 Å². The van der Waals surface area contributed by atoms with Gasteiger partial charge in [0, 0.05) is 37.4 Å². The number of hydrogen-bond donors (Lipinski definition) is 1. The molecule has 0 amide bonds. The van der Waals surface area contributed by atoms with Crippen molar-refractivity contribution in [3.05, 3.63) is 18.0 Å². The van der Waals surface area contributed by atoms with Crippen LogP contribution in [0.2, 0.25) is 0 Å². The SMILES string of the molecule is CC(C)n1cc(C2CNCCN2C)cn1. The first-order chi connectivity index (χ1) is 7.18. The molecule has 4 nitrogen and oxygen atoms in total. The topological polar surface area (TPSA) is 33.1 Å². The minimum Gasteiger partial charge on any atom is -0.314 e. The molecule has 0 aromatic carbocycles. The van der Waals surface area contributed by atoms with Crippen LogP contribution in [0.1, 0.15) is 31.5 Å². The first-order valence-corrected chi connectivity index (χ1v) is 5.63. The van der Waals surface area contributed by atoms with Crippen molar-refractivity contribution in [2.75, 3.05) is 26.7 Å². The van der Waals surface area contributed by atoms with Gasteiger partial charge in [-0.05, 0) is 20.9 Å². The highest BCUT2D eigenvalue weighted by Crippen LogP contribution is 2.20. The fourth-order valence-electron chi connectivity index (χ4n) is 1.99. The number of piperazine rings is 1. The molecule has 84 valence electrons. The Hall–Kier alpha value is -0.870. The summed E-state index contributed by atoms with van der Waals surface area (Å²) in [6.07, 6.45) is 4.16. The lowest BCUT2D eigenvalue weighted by Gasteiger charge is -2.32. The van der Waals surface area contributed by atoms with Crippen LogP contribution in [-0.2, 0) is 0 Å². The Bertz CT molecular complexity index is 318. The maximum absolute atomic E-state index is 4.39. The van der Waals surface area contributed by atoms with E-state index in [1.54, 1.807) is 0 Å². The molecule has 2 heterocycles. The number of hydrogen-bond acceptors (Lipinski definition) is 3. The molecule has 1 aromatic heterocycles. The zero-order valence-electron chi connectivity index (χ0n) is 9.77. The monoisotopic (exact) mass is 208 g/mol. The number of rotatable bonds is 2. The molecule has 1 N–H and O–H groups in total. The van der Waals surface area contributed by atoms with E-state index in [0.717, 1.165) is 19.6 Å². The second-order valence-corrected chi connectivity index (χ2v) is 4.55. The molecule has 1 aliphatic heterocycles. The molecule has 2 rings (SSSR count). The molecule has 1 atom stereocenters. The van der Waals surface area contributed by atoms with Crippen LogP contribution in [0, 0.1) is 0 Å². The average molecular weight is 208 g/mol. The minimum absolute atomic E-state index is 0.445. The fraction of sp³-hybridized carbons (Fsp3) is 0.727. The van der Waals surface area contributed by atoms with Crippen molar-refractivity contribution in [3.63, 3.8) is 0 Å². The average Bonchev–Trinajstić information content (AvgIpc) is 2.67. The van der Waals surface area contributed by atoms with Crippen molar-refractivity contribution in [1.29, 1.82) is 0 Å². The Morgan fingerprint density at radius 3 is 2.93 bits per heavy atom. The highest BCUT2D eigenvalue weighted by molar-refractivity contribution is 5.12. The van der Waals surface area contributed by atoms with E-state index in [1.807, 2.05) is 10.9 Å². The van der Waals surface area contributed by atoms with E-state index in [9.17, 15) is 0 Å². The van der Waals surface area contributed by atoms with Gasteiger partial charge in [0.2, 0.25) is 0 Å². The van der Waals surface area contributed by atoms with Crippen molar-refractivity contribution in [2.45, 2.75) is 25.9 Å². The summed E-state index contributed by atoms with van der Waals surface area (Å²) in [5.41, 5.74) is 1.32. The van der Waals surface area contributed by atoms with E-state index in [1.165, 1.54) is 5.56 Å². The van der Waals surface area contributed by atoms with Crippen LogP contribution < -0.4 is 5.32 Å². The molecular formula is C11H20N4. The van der Waals surface area contributed by atoms with Crippen LogP contribution in [0.5, 0.6) is 0 Å². The third-order valence-electron chi connectivity index (χ3n) is 3.05. The Morgan fingerprint density at radius 2 is 2.33 bits per heavy atom. The Kier molecular flexibility index (Phi) is 3.07. The molecule has 0 spiro atoms. The lowest BCUT2D eigenvalue weighted by atomic mass is 10.1. The van der Waals surface area contributed by atoms with Gasteiger partial charge in [0.1, 0.15) is 0 Å². The number of likely N-dealkylation sites (N-methyl/N-ethyl adjacent to an activating group) is 1. The molecular weight excluding hydrogens is 188 g/mol. The molecule has 4 heteroatoms. The van der Waals surface area contributed by atoms with Gasteiger partial charge in [-0.25, -0.2) is 0 Å². The third-order valence-corrected chi connectivity index (χ3v) is 3.05. The Balaban J connectivity index is 2.13. The van der Waals surface area contributed by atoms with Gasteiger partial charge < -0.3 is 5.32 Å². The van der Waals surface area contributed by atoms with Crippen LogP contribution in [0.3, 0.4) is 0 Å². The van der Waals surface area contributed by atoms with Gasteiger partial charge in [-0.15, -0.1) is 0 Å². The summed E-state index contributed by atoms with van der Waals surface area (Å²) in [5, 5.41) is 7.81. The molecule has 0 radical (unpaired) electrons. The zero-order valence-corrected chi connectivity index (χ0v) is 9.77. The molecule has 1 fully saturated rings. The highest BCUT2D eigenvalue weighted by atomic mass is 15.3. The van der Waals surface area contributed by atoms with Gasteiger partial charge >= 0.3 is 0 Å². The van der Waals surface area contributed by atoms with Crippen molar-refractivity contribution in [3.8, 4) is 0 Å². The largest absolute Gasteiger partial charge is 0.314 e. The lowest BCUT2D eigenvalue weighted by Crippen LogP contribution is -2.43. The zero-order chi connectivity index (χ0) is 10.8. The molecule has 0 bridgehead atoms. The quantitative estimate of drug-likeness (QED) is 0.788. The van der Waals surface area contributed by atoms with Gasteiger partial charge in [-0.3, -0.25) is 9.58 Å². The van der Waals surface area contributed by atoms with Gasteiger partial charge in [-0.2, -0.15) is 5.10 Å². The minimum atomic E-state index is 0.445. The fourth-order valence-corrected chi connectivity index (χ4v) is 1.99. The third kappa shape index (κ3) is 2.21. The van der Waals surface area contributed by atoms with Gasteiger partial charge in [0.05, 0.1) is 12.2 Å². The Morgan fingerprint density at radius 1 is 1.53 bits per heavy atom. The molecule has 0 saturated carbocycles. The number of nitrogens with zero attached hydrogens (tertiary/aromatic N) is 3. The van der Waals surface area contributed by atoms with Crippen molar-refractivity contribution in [1.82, 2.24) is 20.0 Å². The van der Waals surface area contributed by atoms with Crippen LogP contribution in [0.25, 0.3) is 0 Å². The van der Waals surface area contributed by atoms with Crippen molar-refractivity contribution in [2.24, 2.45) is 0 Å². The Labute approximate surface area is 91.3 Å². The standard InChI is InChI=1S/C11H20N4/c1-9(2)15-8-10(6-13-15)11-7-12-4-5-14(11)3/h6,8-9,11-12H,4-5,7H2,1-3H3. The smallest absolute Gasteiger partial charge is 0.0538 e. The highest BCUT2D eigenvalue weighted by Gasteiger charge is 2.21. The van der Waals surface area contributed by atoms with Crippen LogP contribution in [-0.4, -0.2) is 41.4 Å². The molecule has 0 aliphatic carbocycles. The molecule has 1 aliphatic rings. The first-order valence-electron chi connectivity index (χ1n) is 5.63. The van der Waals surface area contributed by atoms with Crippen LogP contribution in [0.4, 0.5) is 0 Å². The summed E-state index contributed by atoms with van der Waals surface area (Å²) in [6.45, 7) is 7.53. The lowest BCUT2D eigenvalue weighted by molar-refractivity contribution is 0.202. The molecule has 1 aromatic rings. The molecule has 1 saturated heterocycles. The summed E-state index contributed by atoms with van der Waals surface area (Å²) in [5.74, 6) is 0. The van der Waals surface area contributed by atoms with E-state index >= 15 is 0 Å². The first kappa shape index (κ1) is 10.6. The van der Waals surface area contributed by atoms with E-state index < -0.39 is 0 Å². The van der Waals surface area contributed by atoms with Crippen molar-refractivity contribution >= 4 is 0 Å². The van der Waals surface area contributed by atoms with Crippen LogP contribution >= 0.6 is 0 Å². The van der Waals surface area contributed by atoms with Gasteiger partial charge in [0.15, 0.2) is 0 Å². The van der Waals surface area contributed by atoms with Gasteiger partial charge in [-0.1, -0.05) is 0 Å². The van der Waals surface area contributed by atoms with E-state index in [0.29, 0.717) is 12.1 Å².